The van der Waals surface area contributed by atoms with Crippen molar-refractivity contribution in [2.45, 2.75) is 6.92 Å². The van der Waals surface area contributed by atoms with Gasteiger partial charge in [0.25, 0.3) is 0 Å². The third-order valence-electron chi connectivity index (χ3n) is 1.71. The Balaban J connectivity index is 2.67. The van der Waals surface area contributed by atoms with Crippen LogP contribution in [0.2, 0.25) is 0 Å². The summed E-state index contributed by atoms with van der Waals surface area (Å²) >= 11 is 3.49. The largest absolute Gasteiger partial charge is 0.256 e. The molecule has 2 rings (SSSR count). The fourth-order valence-electron chi connectivity index (χ4n) is 1.20. The normalized spacial score (nSPS) is 12.9. The molecule has 0 unspecified atom stereocenters. The van der Waals surface area contributed by atoms with Crippen LogP contribution in [-0.2, 0) is 0 Å². The van der Waals surface area contributed by atoms with Gasteiger partial charge in [-0.2, -0.15) is 0 Å². The van der Waals surface area contributed by atoms with Crippen molar-refractivity contribution in [3.63, 3.8) is 0 Å². The van der Waals surface area contributed by atoms with Crippen LogP contribution in [0, 0.1) is 6.92 Å². The lowest BCUT2D eigenvalue weighted by molar-refractivity contribution is 1.20. The molecule has 0 atom stereocenters. The zero-order chi connectivity index (χ0) is 7.84. The van der Waals surface area contributed by atoms with Gasteiger partial charge in [0.2, 0.25) is 0 Å². The van der Waals surface area contributed by atoms with Crippen molar-refractivity contribution in [2.75, 3.05) is 0 Å². The van der Waals surface area contributed by atoms with Gasteiger partial charge in [0.15, 0.2) is 0 Å². The summed E-state index contributed by atoms with van der Waals surface area (Å²) in [5.41, 5.74) is 3.50. The molecule has 0 aliphatic carbocycles. The Hall–Kier alpha value is -0.760. The van der Waals surface area contributed by atoms with Crippen molar-refractivity contribution >= 4 is 27.7 Å². The minimum absolute atomic E-state index is 1.07. The zero-order valence-corrected chi connectivity index (χ0v) is 7.72. The molecule has 1 heterocycles. The van der Waals surface area contributed by atoms with Crippen molar-refractivity contribution < 1.29 is 0 Å². The molecule has 1 nitrogen and oxygen atoms in total. The fraction of sp³-hybridized carbons (Fsp3) is 0.111. The first kappa shape index (κ1) is 6.92. The first-order valence-corrected chi connectivity index (χ1v) is 4.24. The fourth-order valence-corrected chi connectivity index (χ4v) is 1.90. The first-order chi connectivity index (χ1) is 5.27. The van der Waals surface area contributed by atoms with E-state index in [0.717, 1.165) is 10.2 Å². The molecule has 1 radical (unpaired) electrons. The monoisotopic (exact) mass is 208 g/mol. The number of benzene rings is 1. The molecule has 1 aliphatic heterocycles. The van der Waals surface area contributed by atoms with Crippen molar-refractivity contribution in [3.05, 3.63) is 33.9 Å². The average molecular weight is 209 g/mol. The molecular weight excluding hydrogens is 202 g/mol. The lowest BCUT2D eigenvalue weighted by atomic mass is 10.1. The summed E-state index contributed by atoms with van der Waals surface area (Å²) in [6.45, 7) is 2.07. The van der Waals surface area contributed by atoms with Crippen molar-refractivity contribution in [3.8, 4) is 0 Å². The van der Waals surface area contributed by atoms with Gasteiger partial charge in [0.1, 0.15) is 0 Å². The van der Waals surface area contributed by atoms with Crippen LogP contribution in [0.15, 0.2) is 22.8 Å². The molecule has 2 heteroatoms. The maximum atomic E-state index is 4.21. The Morgan fingerprint density at radius 3 is 3.00 bits per heavy atom. The van der Waals surface area contributed by atoms with Gasteiger partial charge >= 0.3 is 0 Å². The Morgan fingerprint density at radius 1 is 1.36 bits per heavy atom. The van der Waals surface area contributed by atoms with Gasteiger partial charge in [-0.15, -0.1) is 0 Å². The standard InChI is InChI=1S/C9H7BrN/c1-6-4-8(10)7-2-3-11-9(7)5-6/h2-5H,1H3. The van der Waals surface area contributed by atoms with E-state index in [1.54, 1.807) is 0 Å². The summed E-state index contributed by atoms with van der Waals surface area (Å²) in [7, 11) is 0. The highest BCUT2D eigenvalue weighted by Crippen LogP contribution is 2.31. The molecule has 1 aromatic rings. The lowest BCUT2D eigenvalue weighted by Gasteiger charge is -2.01. The van der Waals surface area contributed by atoms with Crippen molar-refractivity contribution in [1.82, 2.24) is 5.32 Å². The third kappa shape index (κ3) is 1.07. The molecule has 0 N–H and O–H groups in total. The summed E-state index contributed by atoms with van der Waals surface area (Å²) in [4.78, 5) is 0. The van der Waals surface area contributed by atoms with Gasteiger partial charge in [0, 0.05) is 16.2 Å². The lowest BCUT2D eigenvalue weighted by Crippen LogP contribution is -1.84. The topological polar surface area (TPSA) is 14.1 Å². The van der Waals surface area contributed by atoms with Gasteiger partial charge in [0.05, 0.1) is 5.69 Å². The van der Waals surface area contributed by atoms with E-state index in [0.29, 0.717) is 0 Å². The van der Waals surface area contributed by atoms with Crippen LogP contribution in [-0.4, -0.2) is 0 Å². The second-order valence-corrected chi connectivity index (χ2v) is 3.48. The van der Waals surface area contributed by atoms with Crippen LogP contribution in [0.5, 0.6) is 0 Å². The van der Waals surface area contributed by atoms with Crippen molar-refractivity contribution in [2.24, 2.45) is 0 Å². The molecule has 0 saturated carbocycles. The zero-order valence-electron chi connectivity index (χ0n) is 6.13. The molecule has 0 aromatic heterocycles. The summed E-state index contributed by atoms with van der Waals surface area (Å²) in [5, 5.41) is 4.21. The molecule has 0 spiro atoms. The Morgan fingerprint density at radius 2 is 2.18 bits per heavy atom. The van der Waals surface area contributed by atoms with Gasteiger partial charge in [-0.05, 0) is 30.7 Å². The molecule has 55 valence electrons. The van der Waals surface area contributed by atoms with Crippen LogP contribution in [0.4, 0.5) is 5.69 Å². The summed E-state index contributed by atoms with van der Waals surface area (Å²) < 4.78 is 1.13. The predicted molar refractivity (Wildman–Crippen MR) is 49.7 cm³/mol. The van der Waals surface area contributed by atoms with Gasteiger partial charge in [-0.25, -0.2) is 0 Å². The van der Waals surface area contributed by atoms with Crippen LogP contribution >= 0.6 is 15.9 Å². The number of hydrogen-bond donors (Lipinski definition) is 0. The molecule has 1 aliphatic rings. The summed E-state index contributed by atoms with van der Waals surface area (Å²) in [6.07, 6.45) is 3.84. The summed E-state index contributed by atoms with van der Waals surface area (Å²) in [6, 6.07) is 4.18. The Kier molecular flexibility index (Phi) is 1.50. The number of hydrogen-bond acceptors (Lipinski definition) is 0. The molecule has 1 aromatic carbocycles. The maximum absolute atomic E-state index is 4.21. The van der Waals surface area contributed by atoms with E-state index in [1.807, 2.05) is 12.3 Å². The number of fused-ring (bicyclic) bond motifs is 1. The summed E-state index contributed by atoms with van der Waals surface area (Å²) in [5.74, 6) is 0. The predicted octanol–water partition coefficient (Wildman–Crippen LogP) is 2.98. The number of nitrogens with zero attached hydrogens (tertiary/aromatic N) is 1. The Bertz CT molecular complexity index is 329. The smallest absolute Gasteiger partial charge is 0.0716 e. The van der Waals surface area contributed by atoms with E-state index in [2.05, 4.69) is 40.3 Å². The first-order valence-electron chi connectivity index (χ1n) is 3.45. The van der Waals surface area contributed by atoms with E-state index in [1.165, 1.54) is 11.1 Å². The van der Waals surface area contributed by atoms with Crippen LogP contribution in [0.1, 0.15) is 11.1 Å². The third-order valence-corrected chi connectivity index (χ3v) is 2.36. The minimum Gasteiger partial charge on any atom is -0.256 e. The SMILES string of the molecule is Cc1cc(Br)c2c(c1)[N]C=C2. The van der Waals surface area contributed by atoms with Gasteiger partial charge < -0.3 is 0 Å². The molecule has 0 saturated heterocycles. The molecular formula is C9H7BrN. The highest BCUT2D eigenvalue weighted by molar-refractivity contribution is 9.10. The van der Waals surface area contributed by atoms with E-state index >= 15 is 0 Å². The number of halogens is 1. The highest BCUT2D eigenvalue weighted by atomic mass is 79.9. The van der Waals surface area contributed by atoms with E-state index in [-0.39, 0.29) is 0 Å². The minimum atomic E-state index is 1.07. The van der Waals surface area contributed by atoms with Gasteiger partial charge in [-0.3, -0.25) is 5.32 Å². The van der Waals surface area contributed by atoms with E-state index in [4.69, 9.17) is 0 Å². The maximum Gasteiger partial charge on any atom is 0.0716 e. The molecule has 0 fully saturated rings. The average Bonchev–Trinajstić information content (AvgIpc) is 2.34. The van der Waals surface area contributed by atoms with E-state index in [9.17, 15) is 0 Å². The molecule has 11 heavy (non-hydrogen) atoms. The van der Waals surface area contributed by atoms with Gasteiger partial charge in [-0.1, -0.05) is 15.9 Å². The Labute approximate surface area is 74.2 Å². The quantitative estimate of drug-likeness (QED) is 0.623. The highest BCUT2D eigenvalue weighted by Gasteiger charge is 2.09. The second kappa shape index (κ2) is 2.38. The second-order valence-electron chi connectivity index (χ2n) is 2.62. The molecule has 0 amide bonds. The molecule has 0 bridgehead atoms. The number of rotatable bonds is 0. The number of aryl methyl sites for hydroxylation is 1. The van der Waals surface area contributed by atoms with E-state index < -0.39 is 0 Å². The van der Waals surface area contributed by atoms with Crippen LogP contribution in [0.3, 0.4) is 0 Å². The van der Waals surface area contributed by atoms with Crippen LogP contribution in [0.25, 0.3) is 6.08 Å². The van der Waals surface area contributed by atoms with Crippen LogP contribution < -0.4 is 5.32 Å². The van der Waals surface area contributed by atoms with Crippen molar-refractivity contribution in [1.29, 1.82) is 0 Å².